The van der Waals surface area contributed by atoms with Crippen molar-refractivity contribution in [3.63, 3.8) is 0 Å². The van der Waals surface area contributed by atoms with Crippen LogP contribution in [0, 0.1) is 0 Å². The Labute approximate surface area is 133 Å². The van der Waals surface area contributed by atoms with Crippen LogP contribution in [0.15, 0.2) is 38.6 Å². The second kappa shape index (κ2) is 6.88. The molecule has 0 amide bonds. The van der Waals surface area contributed by atoms with Crippen LogP contribution in [0.2, 0.25) is 0 Å². The van der Waals surface area contributed by atoms with E-state index >= 15 is 0 Å². The molecule has 1 heterocycles. The number of thiophene rings is 1. The number of ether oxygens (including phenoxy) is 1. The molecule has 2 nitrogen and oxygen atoms in total. The van der Waals surface area contributed by atoms with Crippen molar-refractivity contribution < 1.29 is 9.84 Å². The van der Waals surface area contributed by atoms with E-state index in [-0.39, 0.29) is 0 Å². The molecular formula is C14H14Br2O2S. The molecule has 0 saturated carbocycles. The van der Waals surface area contributed by atoms with Crippen LogP contribution in [-0.2, 0) is 0 Å². The molecular weight excluding hydrogens is 392 g/mol. The second-order valence-electron chi connectivity index (χ2n) is 4.06. The molecule has 1 aromatic heterocycles. The first-order valence-corrected chi connectivity index (χ1v) is 8.38. The van der Waals surface area contributed by atoms with Crippen molar-refractivity contribution in [3.05, 3.63) is 49.0 Å². The first kappa shape index (κ1) is 15.0. The number of halogens is 2. The highest BCUT2D eigenvalue weighted by Gasteiger charge is 2.18. The molecule has 1 aromatic carbocycles. The largest absolute Gasteiger partial charge is 0.493 e. The number of aliphatic hydroxyl groups excluding tert-OH is 1. The fourth-order valence-corrected chi connectivity index (χ4v) is 3.80. The molecule has 0 radical (unpaired) electrons. The third-order valence-corrected chi connectivity index (χ3v) is 5.92. The van der Waals surface area contributed by atoms with E-state index < -0.39 is 6.10 Å². The summed E-state index contributed by atoms with van der Waals surface area (Å²) in [5.41, 5.74) is 0.803. The van der Waals surface area contributed by atoms with Gasteiger partial charge in [-0.15, -0.1) is 11.3 Å². The van der Waals surface area contributed by atoms with E-state index in [0.717, 1.165) is 30.9 Å². The summed E-state index contributed by atoms with van der Waals surface area (Å²) in [6, 6.07) is 9.55. The van der Waals surface area contributed by atoms with E-state index in [2.05, 4.69) is 38.8 Å². The van der Waals surface area contributed by atoms with Crippen LogP contribution in [-0.4, -0.2) is 11.7 Å². The van der Waals surface area contributed by atoms with E-state index in [0.29, 0.717) is 6.61 Å². The van der Waals surface area contributed by atoms with Gasteiger partial charge in [0.25, 0.3) is 0 Å². The highest BCUT2D eigenvalue weighted by Crippen LogP contribution is 2.39. The molecule has 0 aliphatic heterocycles. The molecule has 0 saturated heterocycles. The second-order valence-corrected chi connectivity index (χ2v) is 7.32. The highest BCUT2D eigenvalue weighted by atomic mass is 79.9. The smallest absolute Gasteiger partial charge is 0.125 e. The summed E-state index contributed by atoms with van der Waals surface area (Å²) in [5.74, 6) is 0.748. The van der Waals surface area contributed by atoms with Gasteiger partial charge < -0.3 is 9.84 Å². The Kier molecular flexibility index (Phi) is 5.45. The van der Waals surface area contributed by atoms with Crippen molar-refractivity contribution in [3.8, 4) is 5.75 Å². The van der Waals surface area contributed by atoms with Gasteiger partial charge in [0.15, 0.2) is 0 Å². The average molecular weight is 406 g/mol. The Morgan fingerprint density at radius 2 is 2.05 bits per heavy atom. The average Bonchev–Trinajstić information content (AvgIpc) is 2.76. The SMILES string of the molecule is CCCOc1ccccc1C(O)c1cc(Br)c(Br)s1. The predicted octanol–water partition coefficient (Wildman–Crippen LogP) is 5.14. The molecule has 0 aliphatic carbocycles. The fraction of sp³-hybridized carbons (Fsp3) is 0.286. The first-order chi connectivity index (χ1) is 9.13. The summed E-state index contributed by atoms with van der Waals surface area (Å²) in [5, 5.41) is 10.5. The van der Waals surface area contributed by atoms with Gasteiger partial charge in [-0.25, -0.2) is 0 Å². The Hall–Kier alpha value is -0.360. The van der Waals surface area contributed by atoms with Gasteiger partial charge in [0.1, 0.15) is 11.9 Å². The van der Waals surface area contributed by atoms with E-state index in [1.807, 2.05) is 30.3 Å². The summed E-state index contributed by atoms with van der Waals surface area (Å²) in [7, 11) is 0. The maximum atomic E-state index is 10.5. The van der Waals surface area contributed by atoms with Crippen molar-refractivity contribution in [1.82, 2.24) is 0 Å². The molecule has 102 valence electrons. The van der Waals surface area contributed by atoms with Gasteiger partial charge in [-0.3, -0.25) is 0 Å². The van der Waals surface area contributed by atoms with Crippen LogP contribution in [0.4, 0.5) is 0 Å². The van der Waals surface area contributed by atoms with E-state index in [4.69, 9.17) is 4.74 Å². The minimum atomic E-state index is -0.666. The van der Waals surface area contributed by atoms with Gasteiger partial charge in [-0.05, 0) is 50.4 Å². The Morgan fingerprint density at radius 3 is 2.68 bits per heavy atom. The third kappa shape index (κ3) is 3.60. The van der Waals surface area contributed by atoms with Crippen LogP contribution < -0.4 is 4.74 Å². The topological polar surface area (TPSA) is 29.5 Å². The number of rotatable bonds is 5. The van der Waals surface area contributed by atoms with Crippen molar-refractivity contribution in [2.24, 2.45) is 0 Å². The van der Waals surface area contributed by atoms with Crippen molar-refractivity contribution >= 4 is 43.2 Å². The number of benzene rings is 1. The summed E-state index contributed by atoms with van der Waals surface area (Å²) >= 11 is 8.40. The van der Waals surface area contributed by atoms with Gasteiger partial charge in [-0.1, -0.05) is 25.1 Å². The molecule has 1 N–H and O–H groups in total. The molecule has 0 fully saturated rings. The lowest BCUT2D eigenvalue weighted by molar-refractivity contribution is 0.214. The van der Waals surface area contributed by atoms with Gasteiger partial charge in [0.2, 0.25) is 0 Å². The quantitative estimate of drug-likeness (QED) is 0.745. The minimum absolute atomic E-state index is 0.654. The fourth-order valence-electron chi connectivity index (χ4n) is 1.70. The lowest BCUT2D eigenvalue weighted by Crippen LogP contribution is -2.03. The molecule has 2 rings (SSSR count). The molecule has 0 spiro atoms. The monoisotopic (exact) mass is 404 g/mol. The van der Waals surface area contributed by atoms with Crippen LogP contribution in [0.3, 0.4) is 0 Å². The summed E-state index contributed by atoms with van der Waals surface area (Å²) in [6.45, 7) is 2.72. The molecule has 1 unspecified atom stereocenters. The molecule has 19 heavy (non-hydrogen) atoms. The van der Waals surface area contributed by atoms with E-state index in [1.165, 1.54) is 11.3 Å². The maximum Gasteiger partial charge on any atom is 0.125 e. The maximum absolute atomic E-state index is 10.5. The van der Waals surface area contributed by atoms with Gasteiger partial charge in [-0.2, -0.15) is 0 Å². The molecule has 0 aliphatic rings. The van der Waals surface area contributed by atoms with Crippen molar-refractivity contribution in [2.45, 2.75) is 19.4 Å². The molecule has 5 heteroatoms. The zero-order chi connectivity index (χ0) is 13.8. The summed E-state index contributed by atoms with van der Waals surface area (Å²) in [4.78, 5) is 0.881. The van der Waals surface area contributed by atoms with Crippen LogP contribution >= 0.6 is 43.2 Å². The lowest BCUT2D eigenvalue weighted by atomic mass is 10.1. The predicted molar refractivity (Wildman–Crippen MR) is 86.0 cm³/mol. The Bertz CT molecular complexity index is 535. The molecule has 1 atom stereocenters. The van der Waals surface area contributed by atoms with Crippen molar-refractivity contribution in [1.29, 1.82) is 0 Å². The lowest BCUT2D eigenvalue weighted by Gasteiger charge is -2.14. The number of para-hydroxylation sites is 1. The van der Waals surface area contributed by atoms with Crippen molar-refractivity contribution in [2.75, 3.05) is 6.61 Å². The van der Waals surface area contributed by atoms with E-state index in [9.17, 15) is 5.11 Å². The number of aliphatic hydroxyl groups is 1. The van der Waals surface area contributed by atoms with E-state index in [1.54, 1.807) is 0 Å². The van der Waals surface area contributed by atoms with Crippen LogP contribution in [0.5, 0.6) is 5.75 Å². The molecule has 2 aromatic rings. The zero-order valence-electron chi connectivity index (χ0n) is 10.4. The molecule has 0 bridgehead atoms. The Balaban J connectivity index is 2.30. The number of hydrogen-bond acceptors (Lipinski definition) is 3. The normalized spacial score (nSPS) is 12.4. The highest BCUT2D eigenvalue weighted by molar-refractivity contribution is 9.13. The summed E-state index contributed by atoms with van der Waals surface area (Å²) < 4.78 is 7.62. The van der Waals surface area contributed by atoms with Gasteiger partial charge in [0, 0.05) is 14.9 Å². The standard InChI is InChI=1S/C14H14Br2O2S/c1-2-7-18-11-6-4-3-5-9(11)13(17)12-8-10(15)14(16)19-12/h3-6,8,13,17H,2,7H2,1H3. The van der Waals surface area contributed by atoms with Gasteiger partial charge >= 0.3 is 0 Å². The summed E-state index contributed by atoms with van der Waals surface area (Å²) in [6.07, 6.45) is 0.279. The minimum Gasteiger partial charge on any atom is -0.493 e. The van der Waals surface area contributed by atoms with Crippen LogP contribution in [0.25, 0.3) is 0 Å². The zero-order valence-corrected chi connectivity index (χ0v) is 14.4. The first-order valence-electron chi connectivity index (χ1n) is 5.98. The number of hydrogen-bond donors (Lipinski definition) is 1. The Morgan fingerprint density at radius 1 is 1.32 bits per heavy atom. The third-order valence-electron chi connectivity index (χ3n) is 2.61. The van der Waals surface area contributed by atoms with Gasteiger partial charge in [0.05, 0.1) is 10.4 Å². The van der Waals surface area contributed by atoms with Crippen LogP contribution in [0.1, 0.15) is 29.9 Å².